The lowest BCUT2D eigenvalue weighted by atomic mass is 10.3. The number of rotatable bonds is 6. The second-order valence-corrected chi connectivity index (χ2v) is 9.24. The Morgan fingerprint density at radius 1 is 0.828 bits per heavy atom. The molecule has 0 aliphatic rings. The normalized spacial score (nSPS) is 11.1. The summed E-state index contributed by atoms with van der Waals surface area (Å²) >= 11 is 17.9. The lowest BCUT2D eigenvalue weighted by Crippen LogP contribution is -2.22. The van der Waals surface area contributed by atoms with Gasteiger partial charge in [0.1, 0.15) is 0 Å². The summed E-state index contributed by atoms with van der Waals surface area (Å²) in [5.41, 5.74) is 0.695. The van der Waals surface area contributed by atoms with Gasteiger partial charge in [0.05, 0.1) is 22.0 Å². The molecule has 0 bridgehead atoms. The van der Waals surface area contributed by atoms with Gasteiger partial charge in [-0.25, -0.2) is 8.42 Å². The summed E-state index contributed by atoms with van der Waals surface area (Å²) in [6.07, 6.45) is 0. The standard InChI is InChI=1S/C20H15Cl3N2O3S/c21-13-6-7-18(19(11-13)29(27,28)17-4-2-1-3-5-17)24-12-20(26)25-16-9-14(22)8-15(23)10-16/h1-11,24H,12H2,(H,25,26). The largest absolute Gasteiger partial charge is 0.375 e. The quantitative estimate of drug-likeness (QED) is 0.498. The molecule has 0 aliphatic carbocycles. The van der Waals surface area contributed by atoms with Gasteiger partial charge in [-0.3, -0.25) is 4.79 Å². The highest BCUT2D eigenvalue weighted by atomic mass is 35.5. The highest BCUT2D eigenvalue weighted by molar-refractivity contribution is 7.91. The van der Waals surface area contributed by atoms with E-state index in [0.29, 0.717) is 15.7 Å². The van der Waals surface area contributed by atoms with E-state index >= 15 is 0 Å². The summed E-state index contributed by atoms with van der Waals surface area (Å²) in [5, 5.41) is 6.53. The SMILES string of the molecule is O=C(CNc1ccc(Cl)cc1S(=O)(=O)c1ccccc1)Nc1cc(Cl)cc(Cl)c1. The highest BCUT2D eigenvalue weighted by Gasteiger charge is 2.22. The Balaban J connectivity index is 1.80. The molecule has 0 unspecified atom stereocenters. The minimum atomic E-state index is -3.82. The van der Waals surface area contributed by atoms with E-state index in [-0.39, 0.29) is 27.0 Å². The molecule has 0 fully saturated rings. The van der Waals surface area contributed by atoms with Crippen LogP contribution in [0.25, 0.3) is 0 Å². The van der Waals surface area contributed by atoms with Crippen LogP contribution in [0.5, 0.6) is 0 Å². The first kappa shape index (κ1) is 21.5. The van der Waals surface area contributed by atoms with Gasteiger partial charge in [-0.1, -0.05) is 53.0 Å². The van der Waals surface area contributed by atoms with E-state index in [2.05, 4.69) is 10.6 Å². The third-order valence-electron chi connectivity index (χ3n) is 3.87. The van der Waals surface area contributed by atoms with Crippen molar-refractivity contribution in [3.63, 3.8) is 0 Å². The average Bonchev–Trinajstić information content (AvgIpc) is 2.67. The summed E-state index contributed by atoms with van der Waals surface area (Å²) in [6.45, 7) is -0.178. The van der Waals surface area contributed by atoms with Crippen molar-refractivity contribution in [3.05, 3.63) is 81.8 Å². The van der Waals surface area contributed by atoms with Crippen LogP contribution in [0.2, 0.25) is 15.1 Å². The molecule has 9 heteroatoms. The number of sulfone groups is 1. The van der Waals surface area contributed by atoms with E-state index in [4.69, 9.17) is 34.8 Å². The Morgan fingerprint density at radius 3 is 2.14 bits per heavy atom. The number of carbonyl (C=O) groups is 1. The molecular weight excluding hydrogens is 455 g/mol. The Hall–Kier alpha value is -2.25. The number of hydrogen-bond donors (Lipinski definition) is 2. The molecule has 29 heavy (non-hydrogen) atoms. The van der Waals surface area contributed by atoms with Crippen molar-refractivity contribution in [1.82, 2.24) is 0 Å². The third kappa shape index (κ3) is 5.42. The first-order valence-electron chi connectivity index (χ1n) is 8.35. The molecule has 0 spiro atoms. The minimum absolute atomic E-state index is 0.0187. The van der Waals surface area contributed by atoms with Crippen molar-refractivity contribution in [2.45, 2.75) is 9.79 Å². The molecule has 0 saturated carbocycles. The minimum Gasteiger partial charge on any atom is -0.375 e. The van der Waals surface area contributed by atoms with Gasteiger partial charge in [0, 0.05) is 20.8 Å². The molecule has 1 amide bonds. The van der Waals surface area contributed by atoms with Gasteiger partial charge in [0.15, 0.2) is 0 Å². The zero-order valence-corrected chi connectivity index (χ0v) is 17.9. The van der Waals surface area contributed by atoms with Crippen LogP contribution >= 0.6 is 34.8 Å². The number of amides is 1. The molecule has 2 N–H and O–H groups in total. The predicted molar refractivity (Wildman–Crippen MR) is 117 cm³/mol. The fourth-order valence-corrected chi connectivity index (χ4v) is 4.84. The van der Waals surface area contributed by atoms with Crippen molar-refractivity contribution >= 4 is 61.9 Å². The summed E-state index contributed by atoms with van der Waals surface area (Å²) in [5.74, 6) is -0.402. The van der Waals surface area contributed by atoms with Gasteiger partial charge in [-0.15, -0.1) is 0 Å². The Labute approximate surface area is 183 Å². The molecule has 0 atom stereocenters. The second-order valence-electron chi connectivity index (χ2n) is 6.02. The molecular formula is C20H15Cl3N2O3S. The van der Waals surface area contributed by atoms with Gasteiger partial charge in [0.2, 0.25) is 15.7 Å². The maximum absolute atomic E-state index is 13.0. The molecule has 0 saturated heterocycles. The molecule has 0 aliphatic heterocycles. The van der Waals surface area contributed by atoms with Crippen LogP contribution in [0, 0.1) is 0 Å². The van der Waals surface area contributed by atoms with Crippen molar-refractivity contribution in [1.29, 1.82) is 0 Å². The summed E-state index contributed by atoms with van der Waals surface area (Å²) in [7, 11) is -3.82. The number of anilines is 2. The topological polar surface area (TPSA) is 75.3 Å². The van der Waals surface area contributed by atoms with Crippen LogP contribution in [0.15, 0.2) is 76.5 Å². The van der Waals surface area contributed by atoms with Crippen LogP contribution in [-0.2, 0) is 14.6 Å². The smallest absolute Gasteiger partial charge is 0.243 e. The summed E-state index contributed by atoms with van der Waals surface area (Å²) < 4.78 is 26.0. The Kier molecular flexibility index (Phi) is 6.70. The van der Waals surface area contributed by atoms with Gasteiger partial charge >= 0.3 is 0 Å². The zero-order valence-electron chi connectivity index (χ0n) is 14.8. The Morgan fingerprint density at radius 2 is 1.48 bits per heavy atom. The van der Waals surface area contributed by atoms with Gasteiger partial charge in [-0.05, 0) is 48.5 Å². The van der Waals surface area contributed by atoms with Gasteiger partial charge in [-0.2, -0.15) is 0 Å². The van der Waals surface area contributed by atoms with Gasteiger partial charge in [0.25, 0.3) is 0 Å². The number of carbonyl (C=O) groups excluding carboxylic acids is 1. The van der Waals surface area contributed by atoms with E-state index in [1.807, 2.05) is 0 Å². The fraction of sp³-hybridized carbons (Fsp3) is 0.0500. The van der Waals surface area contributed by atoms with E-state index < -0.39 is 15.7 Å². The molecule has 3 aromatic rings. The molecule has 0 radical (unpaired) electrons. The van der Waals surface area contributed by atoms with Crippen molar-refractivity contribution in [3.8, 4) is 0 Å². The fourth-order valence-electron chi connectivity index (χ4n) is 2.60. The average molecular weight is 470 g/mol. The number of halogens is 3. The molecule has 0 heterocycles. The zero-order chi connectivity index (χ0) is 21.0. The number of hydrogen-bond acceptors (Lipinski definition) is 4. The van der Waals surface area contributed by atoms with Gasteiger partial charge < -0.3 is 10.6 Å². The van der Waals surface area contributed by atoms with E-state index in [9.17, 15) is 13.2 Å². The van der Waals surface area contributed by atoms with E-state index in [1.165, 1.54) is 24.3 Å². The van der Waals surface area contributed by atoms with Crippen molar-refractivity contribution in [2.24, 2.45) is 0 Å². The molecule has 150 valence electrons. The van der Waals surface area contributed by atoms with E-state index in [1.54, 1.807) is 42.5 Å². The first-order chi connectivity index (χ1) is 13.8. The van der Waals surface area contributed by atoms with Crippen LogP contribution in [0.4, 0.5) is 11.4 Å². The molecule has 0 aromatic heterocycles. The summed E-state index contributed by atoms with van der Waals surface area (Å²) in [4.78, 5) is 12.4. The molecule has 5 nitrogen and oxygen atoms in total. The van der Waals surface area contributed by atoms with E-state index in [0.717, 1.165) is 0 Å². The third-order valence-corrected chi connectivity index (χ3v) is 6.35. The lowest BCUT2D eigenvalue weighted by molar-refractivity contribution is -0.114. The first-order valence-corrected chi connectivity index (χ1v) is 11.0. The van der Waals surface area contributed by atoms with Crippen molar-refractivity contribution < 1.29 is 13.2 Å². The highest BCUT2D eigenvalue weighted by Crippen LogP contribution is 2.30. The predicted octanol–water partition coefficient (Wildman–Crippen LogP) is 5.53. The molecule has 3 rings (SSSR count). The van der Waals surface area contributed by atoms with Crippen LogP contribution in [0.1, 0.15) is 0 Å². The lowest BCUT2D eigenvalue weighted by Gasteiger charge is -2.13. The van der Waals surface area contributed by atoms with Crippen LogP contribution < -0.4 is 10.6 Å². The summed E-state index contributed by atoms with van der Waals surface area (Å²) in [6, 6.07) is 17.0. The maximum atomic E-state index is 13.0. The Bertz CT molecular complexity index is 1130. The second kappa shape index (κ2) is 9.05. The van der Waals surface area contributed by atoms with Crippen LogP contribution in [-0.4, -0.2) is 20.9 Å². The maximum Gasteiger partial charge on any atom is 0.243 e. The van der Waals surface area contributed by atoms with Crippen LogP contribution in [0.3, 0.4) is 0 Å². The monoisotopic (exact) mass is 468 g/mol. The van der Waals surface area contributed by atoms with Crippen molar-refractivity contribution in [2.75, 3.05) is 17.2 Å². The molecule has 3 aromatic carbocycles. The number of benzene rings is 3. The number of nitrogens with one attached hydrogen (secondary N) is 2.